The first-order chi connectivity index (χ1) is 8.73. The Morgan fingerprint density at radius 2 is 1.61 bits per heavy atom. The van der Waals surface area contributed by atoms with Crippen molar-refractivity contribution in [3.63, 3.8) is 0 Å². The van der Waals surface area contributed by atoms with Crippen molar-refractivity contribution >= 4 is 0 Å². The summed E-state index contributed by atoms with van der Waals surface area (Å²) in [5, 5.41) is 4.84. The minimum Gasteiger partial charge on any atom is -0.272 e. The van der Waals surface area contributed by atoms with Crippen LogP contribution in [0.2, 0.25) is 0 Å². The van der Waals surface area contributed by atoms with E-state index in [0.717, 1.165) is 0 Å². The Morgan fingerprint density at radius 1 is 1.00 bits per heavy atom. The van der Waals surface area contributed by atoms with Crippen molar-refractivity contribution in [2.24, 2.45) is 7.05 Å². The van der Waals surface area contributed by atoms with Crippen molar-refractivity contribution in [2.45, 2.75) is 77.6 Å². The number of nitrogens with zero attached hydrogens (tertiary/aromatic N) is 2. The molecule has 0 amide bonds. The lowest BCUT2D eigenvalue weighted by atomic mass is 9.65. The van der Waals surface area contributed by atoms with Crippen LogP contribution < -0.4 is 0 Å². The van der Waals surface area contributed by atoms with E-state index in [1.54, 1.807) is 5.56 Å². The van der Waals surface area contributed by atoms with Gasteiger partial charge in [0.05, 0.1) is 5.69 Å². The fraction of sp³-hybridized carbons (Fsp3) is 0.812. The summed E-state index contributed by atoms with van der Waals surface area (Å²) < 4.78 is 2.10. The summed E-state index contributed by atoms with van der Waals surface area (Å²) in [6, 6.07) is 0. The second-order valence-electron chi connectivity index (χ2n) is 5.73. The van der Waals surface area contributed by atoms with Gasteiger partial charge in [-0.3, -0.25) is 4.68 Å². The van der Waals surface area contributed by atoms with Gasteiger partial charge in [0.15, 0.2) is 0 Å². The zero-order valence-electron chi connectivity index (χ0n) is 12.6. The minimum atomic E-state index is 0.470. The molecular weight excluding hydrogens is 220 g/mol. The number of aryl methyl sites for hydroxylation is 1. The van der Waals surface area contributed by atoms with Gasteiger partial charge in [-0.25, -0.2) is 0 Å². The summed E-state index contributed by atoms with van der Waals surface area (Å²) in [7, 11) is 2.10. The van der Waals surface area contributed by atoms with Gasteiger partial charge in [-0.1, -0.05) is 33.1 Å². The molecule has 0 N–H and O–H groups in total. The van der Waals surface area contributed by atoms with E-state index in [1.807, 2.05) is 13.8 Å². The Morgan fingerprint density at radius 3 is 2.28 bits per heavy atom. The molecule has 2 nitrogen and oxygen atoms in total. The molecule has 102 valence electrons. The Balaban J connectivity index is 0.000000574. The van der Waals surface area contributed by atoms with Crippen molar-refractivity contribution < 1.29 is 0 Å². The molecule has 0 aromatic carbocycles. The predicted molar refractivity (Wildman–Crippen MR) is 77.0 cm³/mol. The van der Waals surface area contributed by atoms with Crippen LogP contribution in [0.25, 0.3) is 0 Å². The summed E-state index contributed by atoms with van der Waals surface area (Å²) in [5.74, 6) is 0. The largest absolute Gasteiger partial charge is 0.272 e. The number of aromatic nitrogens is 2. The topological polar surface area (TPSA) is 17.8 Å². The van der Waals surface area contributed by atoms with Crippen molar-refractivity contribution in [1.82, 2.24) is 9.78 Å². The quantitative estimate of drug-likeness (QED) is 0.669. The molecule has 1 aromatic heterocycles. The lowest BCUT2D eigenvalue weighted by Crippen LogP contribution is -2.33. The first-order valence-corrected chi connectivity index (χ1v) is 7.76. The van der Waals surface area contributed by atoms with E-state index >= 15 is 0 Å². The Labute approximate surface area is 112 Å². The molecule has 2 aliphatic rings. The predicted octanol–water partition coefficient (Wildman–Crippen LogP) is 4.29. The Hall–Kier alpha value is -0.790. The van der Waals surface area contributed by atoms with Crippen molar-refractivity contribution in [1.29, 1.82) is 0 Å². The maximum atomic E-state index is 4.84. The van der Waals surface area contributed by atoms with Crippen LogP contribution >= 0.6 is 0 Å². The summed E-state index contributed by atoms with van der Waals surface area (Å²) in [5.41, 5.74) is 4.92. The molecule has 0 aliphatic heterocycles. The number of rotatable bonds is 0. The molecule has 2 aliphatic carbocycles. The van der Waals surface area contributed by atoms with E-state index in [2.05, 4.69) is 18.7 Å². The fourth-order valence-electron chi connectivity index (χ4n) is 3.81. The van der Waals surface area contributed by atoms with Gasteiger partial charge in [0.25, 0.3) is 0 Å². The van der Waals surface area contributed by atoms with Gasteiger partial charge >= 0.3 is 0 Å². The van der Waals surface area contributed by atoms with Gasteiger partial charge in [-0.2, -0.15) is 5.10 Å². The van der Waals surface area contributed by atoms with Gasteiger partial charge in [-0.05, 0) is 44.6 Å². The average molecular weight is 248 g/mol. The molecule has 3 rings (SSSR count). The molecular formula is C16H28N2. The van der Waals surface area contributed by atoms with Gasteiger partial charge in [-0.15, -0.1) is 0 Å². The van der Waals surface area contributed by atoms with Crippen LogP contribution in [-0.2, 0) is 18.9 Å². The van der Waals surface area contributed by atoms with E-state index < -0.39 is 0 Å². The molecule has 0 radical (unpaired) electrons. The monoisotopic (exact) mass is 248 g/mol. The maximum absolute atomic E-state index is 4.84. The van der Waals surface area contributed by atoms with E-state index in [4.69, 9.17) is 5.10 Å². The fourth-order valence-corrected chi connectivity index (χ4v) is 3.81. The summed E-state index contributed by atoms with van der Waals surface area (Å²) in [6.45, 7) is 6.23. The van der Waals surface area contributed by atoms with Crippen LogP contribution in [0.3, 0.4) is 0 Å². The highest BCUT2D eigenvalue weighted by Crippen LogP contribution is 2.47. The summed E-state index contributed by atoms with van der Waals surface area (Å²) >= 11 is 0. The summed E-state index contributed by atoms with van der Waals surface area (Å²) in [6.07, 6.45) is 11.0. The maximum Gasteiger partial charge on any atom is 0.0720 e. The molecule has 1 aromatic rings. The van der Waals surface area contributed by atoms with Crippen LogP contribution in [0.4, 0.5) is 0 Å². The lowest BCUT2D eigenvalue weighted by molar-refractivity contribution is 0.248. The van der Waals surface area contributed by atoms with Crippen LogP contribution in [0.1, 0.15) is 75.7 Å². The number of hydrogen-bond acceptors (Lipinski definition) is 1. The molecule has 1 fully saturated rings. The Bertz CT molecular complexity index is 397. The third kappa shape index (κ3) is 2.10. The first-order valence-electron chi connectivity index (χ1n) is 7.76. The molecule has 1 spiro atoms. The molecule has 18 heavy (non-hydrogen) atoms. The van der Waals surface area contributed by atoms with Gasteiger partial charge in [0.2, 0.25) is 0 Å². The van der Waals surface area contributed by atoms with Gasteiger partial charge < -0.3 is 0 Å². The number of hydrogen-bond donors (Lipinski definition) is 0. The Kier molecular flexibility index (Phi) is 4.14. The highest BCUT2D eigenvalue weighted by Gasteiger charge is 2.40. The zero-order chi connectivity index (χ0) is 13.2. The van der Waals surface area contributed by atoms with Gasteiger partial charge in [0.1, 0.15) is 0 Å². The van der Waals surface area contributed by atoms with E-state index in [0.29, 0.717) is 5.41 Å². The lowest BCUT2D eigenvalue weighted by Gasteiger charge is -2.39. The van der Waals surface area contributed by atoms with Crippen molar-refractivity contribution in [3.05, 3.63) is 17.0 Å². The van der Waals surface area contributed by atoms with Crippen LogP contribution in [-0.4, -0.2) is 9.78 Å². The SMILES string of the molecule is CC.Cc1c2c(nn1C)C1(CCCCC1)CCC2. The van der Waals surface area contributed by atoms with Crippen LogP contribution in [0, 0.1) is 6.92 Å². The van der Waals surface area contributed by atoms with E-state index in [9.17, 15) is 0 Å². The molecule has 0 bridgehead atoms. The molecule has 0 saturated heterocycles. The third-order valence-corrected chi connectivity index (χ3v) is 4.85. The van der Waals surface area contributed by atoms with Crippen molar-refractivity contribution in [2.75, 3.05) is 0 Å². The molecule has 0 unspecified atom stereocenters. The highest BCUT2D eigenvalue weighted by molar-refractivity contribution is 5.34. The van der Waals surface area contributed by atoms with Crippen molar-refractivity contribution in [3.8, 4) is 0 Å². The van der Waals surface area contributed by atoms with E-state index in [-0.39, 0.29) is 0 Å². The normalized spacial score (nSPS) is 21.1. The minimum absolute atomic E-state index is 0.470. The number of fused-ring (bicyclic) bond motifs is 2. The second kappa shape index (κ2) is 5.46. The standard InChI is InChI=1S/C14H22N2.C2H6/c1-11-12-7-6-10-14(8-4-3-5-9-14)13(12)15-16(11)2;1-2/h3-10H2,1-2H3;1-2H3. The average Bonchev–Trinajstić information content (AvgIpc) is 2.72. The first kappa shape index (κ1) is 13.6. The second-order valence-corrected chi connectivity index (χ2v) is 5.73. The molecule has 2 heteroatoms. The third-order valence-electron chi connectivity index (χ3n) is 4.85. The highest BCUT2D eigenvalue weighted by atomic mass is 15.3. The molecule has 0 atom stereocenters. The van der Waals surface area contributed by atoms with Gasteiger partial charge in [0, 0.05) is 18.2 Å². The van der Waals surface area contributed by atoms with Crippen LogP contribution in [0.15, 0.2) is 0 Å². The zero-order valence-corrected chi connectivity index (χ0v) is 12.6. The van der Waals surface area contributed by atoms with E-state index in [1.165, 1.54) is 62.8 Å². The molecule has 1 heterocycles. The summed E-state index contributed by atoms with van der Waals surface area (Å²) in [4.78, 5) is 0. The molecule has 1 saturated carbocycles. The van der Waals surface area contributed by atoms with Crippen LogP contribution in [0.5, 0.6) is 0 Å². The smallest absolute Gasteiger partial charge is 0.0720 e.